The number of hydrogen-bond donors (Lipinski definition) is 1. The zero-order valence-corrected chi connectivity index (χ0v) is 12.1. The Hall–Kier alpha value is -1.39. The van der Waals surface area contributed by atoms with Crippen LogP contribution < -0.4 is 5.32 Å². The van der Waals surface area contributed by atoms with Crippen molar-refractivity contribution in [3.05, 3.63) is 35.9 Å². The van der Waals surface area contributed by atoms with Crippen molar-refractivity contribution in [1.29, 1.82) is 0 Å². The average molecular weight is 273 g/mol. The van der Waals surface area contributed by atoms with Crippen molar-refractivity contribution in [2.45, 2.75) is 24.9 Å². The smallest absolute Gasteiger partial charge is 0.242 e. The molecule has 108 valence electrons. The molecule has 1 heterocycles. The number of piperazine rings is 1. The summed E-state index contributed by atoms with van der Waals surface area (Å²) in [5, 5.41) is 3.17. The highest BCUT2D eigenvalue weighted by Gasteiger charge is 2.33. The molecule has 1 amide bonds. The van der Waals surface area contributed by atoms with Gasteiger partial charge in [0.1, 0.15) is 6.04 Å². The average Bonchev–Trinajstić information content (AvgIpc) is 3.26. The van der Waals surface area contributed by atoms with Gasteiger partial charge in [0.25, 0.3) is 0 Å². The van der Waals surface area contributed by atoms with E-state index in [9.17, 15) is 4.79 Å². The van der Waals surface area contributed by atoms with Gasteiger partial charge in [0, 0.05) is 32.2 Å². The summed E-state index contributed by atoms with van der Waals surface area (Å²) in [6.45, 7) is 3.96. The van der Waals surface area contributed by atoms with Crippen LogP contribution in [0.2, 0.25) is 0 Å². The summed E-state index contributed by atoms with van der Waals surface area (Å²) < 4.78 is 0. The number of benzene rings is 1. The van der Waals surface area contributed by atoms with E-state index in [0.29, 0.717) is 6.04 Å². The van der Waals surface area contributed by atoms with E-state index >= 15 is 0 Å². The van der Waals surface area contributed by atoms with E-state index in [2.05, 4.69) is 34.3 Å². The third kappa shape index (κ3) is 3.19. The Bertz CT molecular complexity index is 450. The number of carbonyl (C=O) groups is 1. The Morgan fingerprint density at radius 1 is 1.15 bits per heavy atom. The van der Waals surface area contributed by atoms with Gasteiger partial charge in [-0.3, -0.25) is 9.69 Å². The Kier molecular flexibility index (Phi) is 4.03. The molecule has 1 aliphatic heterocycles. The van der Waals surface area contributed by atoms with E-state index in [1.165, 1.54) is 0 Å². The van der Waals surface area contributed by atoms with E-state index in [4.69, 9.17) is 0 Å². The monoisotopic (exact) mass is 273 g/mol. The van der Waals surface area contributed by atoms with Gasteiger partial charge in [-0.25, -0.2) is 0 Å². The molecular weight excluding hydrogens is 250 g/mol. The van der Waals surface area contributed by atoms with Crippen LogP contribution in [0.1, 0.15) is 24.4 Å². The van der Waals surface area contributed by atoms with E-state index in [-0.39, 0.29) is 11.9 Å². The highest BCUT2D eigenvalue weighted by Crippen LogP contribution is 2.25. The van der Waals surface area contributed by atoms with Gasteiger partial charge < -0.3 is 10.2 Å². The molecule has 1 aromatic carbocycles. The lowest BCUT2D eigenvalue weighted by molar-refractivity contribution is -0.127. The highest BCUT2D eigenvalue weighted by atomic mass is 16.2. The zero-order valence-electron chi connectivity index (χ0n) is 12.1. The molecule has 1 atom stereocenters. The van der Waals surface area contributed by atoms with Crippen LogP contribution in [0, 0.1) is 0 Å². The Morgan fingerprint density at radius 2 is 1.80 bits per heavy atom. The maximum Gasteiger partial charge on any atom is 0.242 e. The summed E-state index contributed by atoms with van der Waals surface area (Å²) in [7, 11) is 2.14. The number of amides is 1. The van der Waals surface area contributed by atoms with Crippen molar-refractivity contribution in [3.63, 3.8) is 0 Å². The molecule has 4 nitrogen and oxygen atoms in total. The molecule has 20 heavy (non-hydrogen) atoms. The van der Waals surface area contributed by atoms with Crippen LogP contribution in [0.25, 0.3) is 0 Å². The van der Waals surface area contributed by atoms with Crippen LogP contribution in [0.5, 0.6) is 0 Å². The van der Waals surface area contributed by atoms with Crippen molar-refractivity contribution >= 4 is 5.91 Å². The Balaban J connectivity index is 1.77. The molecule has 2 fully saturated rings. The third-order valence-electron chi connectivity index (χ3n) is 4.19. The molecular formula is C16H23N3O. The van der Waals surface area contributed by atoms with Crippen LogP contribution in [0.3, 0.4) is 0 Å². The molecule has 4 heteroatoms. The highest BCUT2D eigenvalue weighted by molar-refractivity contribution is 5.83. The van der Waals surface area contributed by atoms with Crippen molar-refractivity contribution in [2.75, 3.05) is 33.2 Å². The minimum Gasteiger partial charge on any atom is -0.352 e. The van der Waals surface area contributed by atoms with Crippen LogP contribution in [0.4, 0.5) is 0 Å². The zero-order chi connectivity index (χ0) is 13.9. The predicted molar refractivity (Wildman–Crippen MR) is 79.4 cm³/mol. The Morgan fingerprint density at radius 3 is 2.40 bits per heavy atom. The minimum atomic E-state index is -0.134. The number of likely N-dealkylation sites (N-methyl/N-ethyl adjacent to an activating group) is 1. The first kappa shape index (κ1) is 13.6. The normalized spacial score (nSPS) is 22.4. The molecule has 1 N–H and O–H groups in total. The number of nitrogens with one attached hydrogen (secondary N) is 1. The largest absolute Gasteiger partial charge is 0.352 e. The maximum atomic E-state index is 12.6. The van der Waals surface area contributed by atoms with Gasteiger partial charge in [0.2, 0.25) is 5.91 Å². The fraction of sp³-hybridized carbons (Fsp3) is 0.562. The molecule has 0 radical (unpaired) electrons. The molecule has 1 saturated carbocycles. The van der Waals surface area contributed by atoms with Gasteiger partial charge in [0.05, 0.1) is 0 Å². The fourth-order valence-electron chi connectivity index (χ4n) is 2.75. The summed E-state index contributed by atoms with van der Waals surface area (Å²) in [5.41, 5.74) is 1.11. The molecule has 1 aromatic rings. The lowest BCUT2D eigenvalue weighted by Gasteiger charge is -2.37. The summed E-state index contributed by atoms with van der Waals surface area (Å²) in [6, 6.07) is 10.5. The second-order valence-electron chi connectivity index (χ2n) is 5.94. The van der Waals surface area contributed by atoms with E-state index < -0.39 is 0 Å². The van der Waals surface area contributed by atoms with Gasteiger partial charge in [-0.05, 0) is 25.5 Å². The van der Waals surface area contributed by atoms with Crippen molar-refractivity contribution in [1.82, 2.24) is 15.1 Å². The molecule has 2 aliphatic rings. The minimum absolute atomic E-state index is 0.134. The van der Waals surface area contributed by atoms with E-state index in [1.807, 2.05) is 18.2 Å². The van der Waals surface area contributed by atoms with Gasteiger partial charge in [-0.15, -0.1) is 0 Å². The van der Waals surface area contributed by atoms with Crippen molar-refractivity contribution in [3.8, 4) is 0 Å². The van der Waals surface area contributed by atoms with Crippen LogP contribution in [-0.2, 0) is 4.79 Å². The lowest BCUT2D eigenvalue weighted by atomic mass is 10.0. The fourth-order valence-corrected chi connectivity index (χ4v) is 2.75. The van der Waals surface area contributed by atoms with E-state index in [0.717, 1.165) is 44.6 Å². The van der Waals surface area contributed by atoms with Gasteiger partial charge in [0.15, 0.2) is 0 Å². The second-order valence-corrected chi connectivity index (χ2v) is 5.94. The first-order valence-electron chi connectivity index (χ1n) is 7.52. The van der Waals surface area contributed by atoms with Crippen LogP contribution in [-0.4, -0.2) is 55.0 Å². The molecule has 1 saturated heterocycles. The summed E-state index contributed by atoms with van der Waals surface area (Å²) in [5.74, 6) is 0.170. The van der Waals surface area contributed by atoms with Crippen molar-refractivity contribution in [2.24, 2.45) is 0 Å². The van der Waals surface area contributed by atoms with Gasteiger partial charge in [-0.1, -0.05) is 30.3 Å². The molecule has 0 unspecified atom stereocenters. The number of rotatable bonds is 4. The quantitative estimate of drug-likeness (QED) is 0.897. The first-order valence-corrected chi connectivity index (χ1v) is 7.52. The maximum absolute atomic E-state index is 12.6. The van der Waals surface area contributed by atoms with Gasteiger partial charge in [-0.2, -0.15) is 0 Å². The number of hydrogen-bond acceptors (Lipinski definition) is 3. The summed E-state index contributed by atoms with van der Waals surface area (Å²) in [6.07, 6.45) is 2.27. The molecule has 0 aromatic heterocycles. The first-order chi connectivity index (χ1) is 9.74. The van der Waals surface area contributed by atoms with Crippen molar-refractivity contribution < 1.29 is 4.79 Å². The summed E-state index contributed by atoms with van der Waals surface area (Å²) in [4.78, 5) is 17.2. The number of carbonyl (C=O) groups excluding carboxylic acids is 1. The standard InChI is InChI=1S/C16H23N3O/c1-18-9-11-19(12-10-18)15(13-5-3-2-4-6-13)16(20)17-14-7-8-14/h2-6,14-15H,7-12H2,1H3,(H,17,20)/t15-/m1/s1. The molecule has 0 spiro atoms. The predicted octanol–water partition coefficient (Wildman–Crippen LogP) is 1.25. The molecule has 1 aliphatic carbocycles. The second kappa shape index (κ2) is 5.94. The summed E-state index contributed by atoms with van der Waals surface area (Å²) >= 11 is 0. The van der Waals surface area contributed by atoms with E-state index in [1.54, 1.807) is 0 Å². The topological polar surface area (TPSA) is 35.6 Å². The third-order valence-corrected chi connectivity index (χ3v) is 4.19. The lowest BCUT2D eigenvalue weighted by Crippen LogP contribution is -2.50. The SMILES string of the molecule is CN1CCN([C@@H](C(=O)NC2CC2)c2ccccc2)CC1. The number of nitrogens with zero attached hydrogens (tertiary/aromatic N) is 2. The van der Waals surface area contributed by atoms with Crippen LogP contribution >= 0.6 is 0 Å². The van der Waals surface area contributed by atoms with Crippen LogP contribution in [0.15, 0.2) is 30.3 Å². The molecule has 0 bridgehead atoms. The van der Waals surface area contributed by atoms with Gasteiger partial charge >= 0.3 is 0 Å². The molecule has 3 rings (SSSR count). The Labute approximate surface area is 120 Å².